The molecule has 0 aliphatic rings. The first-order valence-corrected chi connectivity index (χ1v) is 16.0. The van der Waals surface area contributed by atoms with Gasteiger partial charge in [0.05, 0.1) is 55.5 Å². The third-order valence-corrected chi connectivity index (χ3v) is 4.89. The first-order valence-electron chi connectivity index (χ1n) is 9.58. The van der Waals surface area contributed by atoms with Crippen molar-refractivity contribution in [2.75, 3.05) is 88.4 Å². The molecule has 0 radical (unpaired) electrons. The third kappa shape index (κ3) is 45.2. The average molecular weight is 696 g/mol. The number of halogens is 1. The molecule has 0 aromatic carbocycles. The first-order chi connectivity index (χ1) is 15.4. The van der Waals surface area contributed by atoms with Gasteiger partial charge in [0.15, 0.2) is 0 Å². The van der Waals surface area contributed by atoms with E-state index in [1.54, 1.807) is 0 Å². The molecular weight excluding hydrogens is 660 g/mol. The standard InChI is InChI=1S/C8H20NO6P.C7H16NO5P.IO4.Na/c1-9(2,3)4-5-14-16(12,13)15-7-8(11)6-10;1-8(2,3)4-6-12-14(10,11)13-7-5-9;2-1(3,4)5;/h8,10-11H,4-7H2,1-3H3;5H,4,6-7H2,1-3H3;;/q;;-1;+1. The van der Waals surface area contributed by atoms with E-state index in [9.17, 15) is 23.7 Å². The van der Waals surface area contributed by atoms with Crippen LogP contribution in [0.15, 0.2) is 0 Å². The molecule has 3 unspecified atom stereocenters. The molecule has 21 heteroatoms. The van der Waals surface area contributed by atoms with Crippen molar-refractivity contribution >= 4 is 21.9 Å². The van der Waals surface area contributed by atoms with E-state index in [1.807, 2.05) is 42.3 Å². The molecule has 0 aromatic rings. The summed E-state index contributed by atoms with van der Waals surface area (Å²) in [5.41, 5.74) is 0. The van der Waals surface area contributed by atoms with Crippen LogP contribution in [0.1, 0.15) is 0 Å². The van der Waals surface area contributed by atoms with Crippen LogP contribution in [0.5, 0.6) is 0 Å². The van der Waals surface area contributed by atoms with Gasteiger partial charge in [0.2, 0.25) is 0 Å². The molecule has 0 bridgehead atoms. The molecule has 0 aliphatic heterocycles. The molecule has 214 valence electrons. The minimum atomic E-state index is -5.94. The number of phosphoric ester groups is 2. The van der Waals surface area contributed by atoms with E-state index < -0.39 is 61.7 Å². The largest absolute Gasteiger partial charge is 1.00 e. The average Bonchev–Trinajstić information content (AvgIpc) is 2.61. The summed E-state index contributed by atoms with van der Waals surface area (Å²) in [5, 5.41) is 17.3. The summed E-state index contributed by atoms with van der Waals surface area (Å²) in [7, 11) is 2.76. The number of rotatable bonds is 15. The fourth-order valence-corrected chi connectivity index (χ4v) is 2.64. The number of aldehydes is 1. The van der Waals surface area contributed by atoms with Crippen molar-refractivity contribution in [2.24, 2.45) is 0 Å². The smallest absolute Gasteiger partial charge is 0.756 e. The van der Waals surface area contributed by atoms with Crippen molar-refractivity contribution < 1.29 is 124 Å². The number of hydrogen-bond acceptors (Lipinski definition) is 15. The van der Waals surface area contributed by atoms with Crippen LogP contribution in [0.3, 0.4) is 0 Å². The number of aliphatic hydroxyl groups is 2. The SMILES string of the molecule is C[N+](C)(C)CCOP(=O)([O-])OCC(O)CO.C[N+](C)(C)CCOP(=O)([O-])OCC=O.[Na+].[O-][I+3]([O-])([O-])[O-]. The monoisotopic (exact) mass is 696 g/mol. The number of quaternary nitrogens is 2. The topological polar surface area (TPSA) is 267 Å². The maximum atomic E-state index is 11.1. The summed E-state index contributed by atoms with van der Waals surface area (Å²) in [4.78, 5) is 31.9. The second kappa shape index (κ2) is 21.1. The Morgan fingerprint density at radius 2 is 1.17 bits per heavy atom. The van der Waals surface area contributed by atoms with Crippen molar-refractivity contribution in [2.45, 2.75) is 6.10 Å². The maximum Gasteiger partial charge on any atom is 1.00 e. The summed E-state index contributed by atoms with van der Waals surface area (Å²) < 4.78 is 75.3. The van der Waals surface area contributed by atoms with Gasteiger partial charge in [0, 0.05) is 0 Å². The Morgan fingerprint density at radius 1 is 0.833 bits per heavy atom. The molecule has 17 nitrogen and oxygen atoms in total. The fourth-order valence-electron chi connectivity index (χ4n) is 1.28. The molecule has 0 spiro atoms. The summed E-state index contributed by atoms with van der Waals surface area (Å²) >= 11 is -5.94. The Labute approximate surface area is 239 Å². The third-order valence-electron chi connectivity index (χ3n) is 2.96. The Kier molecular flexibility index (Phi) is 26.0. The second-order valence-corrected chi connectivity index (χ2v) is 13.5. The number of nitrogens with zero attached hydrogens (tertiary/aromatic N) is 2. The number of carbonyl (C=O) groups is 1. The summed E-state index contributed by atoms with van der Waals surface area (Å²) in [5.74, 6) is 0. The molecule has 0 aliphatic carbocycles. The zero-order valence-corrected chi connectivity index (χ0v) is 27.4. The van der Waals surface area contributed by atoms with Crippen LogP contribution in [-0.2, 0) is 32.0 Å². The van der Waals surface area contributed by atoms with Crippen molar-refractivity contribution in [3.05, 3.63) is 0 Å². The van der Waals surface area contributed by atoms with Crippen LogP contribution in [0, 0.1) is 0 Å². The summed E-state index contributed by atoms with van der Waals surface area (Å²) in [6.07, 6.45) is -0.863. The molecule has 0 fully saturated rings. The molecule has 0 heterocycles. The van der Waals surface area contributed by atoms with Crippen LogP contribution in [0.2, 0.25) is 0 Å². The van der Waals surface area contributed by atoms with Gasteiger partial charge < -0.3 is 51.9 Å². The predicted molar refractivity (Wildman–Crippen MR) is 104 cm³/mol. The molecule has 3 atom stereocenters. The Hall–Kier alpha value is 1.30. The van der Waals surface area contributed by atoms with E-state index in [2.05, 4.69) is 18.1 Å². The van der Waals surface area contributed by atoms with Crippen molar-refractivity contribution in [1.82, 2.24) is 0 Å². The van der Waals surface area contributed by atoms with Gasteiger partial charge in [-0.2, -0.15) is 0 Å². The first kappa shape index (κ1) is 44.3. The van der Waals surface area contributed by atoms with E-state index in [0.29, 0.717) is 28.3 Å². The quantitative estimate of drug-likeness (QED) is 0.0529. The molecule has 0 rings (SSSR count). The molecule has 0 saturated carbocycles. The number of aliphatic hydroxyl groups excluding tert-OH is 2. The van der Waals surface area contributed by atoms with Crippen LogP contribution in [-0.4, -0.2) is 120 Å². The van der Waals surface area contributed by atoms with E-state index in [-0.39, 0.29) is 42.8 Å². The minimum Gasteiger partial charge on any atom is -0.756 e. The van der Waals surface area contributed by atoms with Crippen LogP contribution < -0.4 is 73.2 Å². The zero-order valence-electron chi connectivity index (χ0n) is 21.5. The summed E-state index contributed by atoms with van der Waals surface area (Å²) in [6, 6.07) is 0. The molecule has 0 aromatic heterocycles. The van der Waals surface area contributed by atoms with Gasteiger partial charge in [0.1, 0.15) is 65.4 Å². The van der Waals surface area contributed by atoms with Gasteiger partial charge in [-0.3, -0.25) is 22.9 Å². The van der Waals surface area contributed by atoms with Gasteiger partial charge in [0.25, 0.3) is 15.6 Å². The molecule has 36 heavy (non-hydrogen) atoms. The van der Waals surface area contributed by atoms with Gasteiger partial charge in [-0.15, -0.1) is 0 Å². The van der Waals surface area contributed by atoms with Crippen molar-refractivity contribution in [3.8, 4) is 0 Å². The zero-order chi connectivity index (χ0) is 28.6. The Bertz CT molecular complexity index is 652. The molecular formula is C15H36IN2NaO15P2. The fraction of sp³-hybridized carbons (Fsp3) is 0.933. The van der Waals surface area contributed by atoms with Gasteiger partial charge in [-0.1, -0.05) is 0 Å². The number of carbonyl (C=O) groups excluding carboxylic acids is 1. The second-order valence-electron chi connectivity index (χ2n) is 8.56. The molecule has 0 saturated heterocycles. The molecule has 2 N–H and O–H groups in total. The Morgan fingerprint density at radius 3 is 1.44 bits per heavy atom. The van der Waals surface area contributed by atoms with E-state index in [0.717, 1.165) is 0 Å². The van der Waals surface area contributed by atoms with Crippen LogP contribution in [0.25, 0.3) is 0 Å². The number of likely N-dealkylation sites (N-methyl/N-ethyl adjacent to an activating group) is 2. The molecule has 0 amide bonds. The van der Waals surface area contributed by atoms with Crippen molar-refractivity contribution in [1.29, 1.82) is 0 Å². The van der Waals surface area contributed by atoms with E-state index in [1.165, 1.54) is 0 Å². The predicted octanol–water partition coefficient (Wildman–Crippen LogP) is -12.8. The van der Waals surface area contributed by atoms with Crippen molar-refractivity contribution in [3.63, 3.8) is 0 Å². The maximum absolute atomic E-state index is 11.1. The van der Waals surface area contributed by atoms with Crippen LogP contribution in [0.4, 0.5) is 0 Å². The Balaban J connectivity index is -0.000000235. The van der Waals surface area contributed by atoms with E-state index in [4.69, 9.17) is 24.0 Å². The number of phosphoric acid groups is 2. The van der Waals surface area contributed by atoms with Gasteiger partial charge in [-0.05, 0) is 0 Å². The number of hydrogen-bond donors (Lipinski definition) is 2. The summed E-state index contributed by atoms with van der Waals surface area (Å²) in [6.45, 7) is -0.441. The van der Waals surface area contributed by atoms with Crippen LogP contribution >= 0.6 is 15.6 Å². The van der Waals surface area contributed by atoms with Gasteiger partial charge in [-0.25, -0.2) is 0 Å². The van der Waals surface area contributed by atoms with E-state index >= 15 is 0 Å². The van der Waals surface area contributed by atoms with Gasteiger partial charge >= 0.3 is 29.6 Å². The normalized spacial score (nSPS) is 16.1. The minimum absolute atomic E-state index is 0.